The quantitative estimate of drug-likeness (QED) is 0.793. The number of thioether (sulfide) groups is 1. The van der Waals surface area contributed by atoms with E-state index in [1.54, 1.807) is 0 Å². The molecule has 4 nitrogen and oxygen atoms in total. The minimum Gasteiger partial charge on any atom is -0.454 e. The van der Waals surface area contributed by atoms with Crippen LogP contribution in [0.4, 0.5) is 0 Å². The van der Waals surface area contributed by atoms with E-state index in [1.165, 1.54) is 11.8 Å². The highest BCUT2D eigenvalue weighted by Gasteiger charge is 2.12. The second kappa shape index (κ2) is 4.78. The monoisotopic (exact) mass is 261 g/mol. The predicted octanol–water partition coefficient (Wildman–Crippen LogP) is 3.30. The number of fused-ring (bicyclic) bond motifs is 1. The van der Waals surface area contributed by atoms with Crippen molar-refractivity contribution in [3.05, 3.63) is 35.5 Å². The van der Waals surface area contributed by atoms with Crippen molar-refractivity contribution in [2.24, 2.45) is 0 Å². The summed E-state index contributed by atoms with van der Waals surface area (Å²) < 4.78 is 15.7. The van der Waals surface area contributed by atoms with Crippen LogP contribution >= 0.6 is 11.8 Å². The SMILES string of the molecule is CSc1cc(/C=C/c2ccc3c(c2)OCO3)no1. The molecule has 0 spiro atoms. The van der Waals surface area contributed by atoms with Gasteiger partial charge >= 0.3 is 0 Å². The molecule has 1 aliphatic rings. The number of hydrogen-bond acceptors (Lipinski definition) is 5. The number of aromatic nitrogens is 1. The smallest absolute Gasteiger partial charge is 0.231 e. The van der Waals surface area contributed by atoms with E-state index in [-0.39, 0.29) is 0 Å². The van der Waals surface area contributed by atoms with Crippen molar-refractivity contribution in [2.45, 2.75) is 5.09 Å². The van der Waals surface area contributed by atoms with Crippen molar-refractivity contribution in [3.63, 3.8) is 0 Å². The molecule has 3 rings (SSSR count). The topological polar surface area (TPSA) is 44.5 Å². The first kappa shape index (κ1) is 11.2. The van der Waals surface area contributed by atoms with Gasteiger partial charge in [0.25, 0.3) is 0 Å². The van der Waals surface area contributed by atoms with Gasteiger partial charge in [0.1, 0.15) is 5.69 Å². The number of nitrogens with zero attached hydrogens (tertiary/aromatic N) is 1. The van der Waals surface area contributed by atoms with Gasteiger partial charge in [0.2, 0.25) is 6.79 Å². The Morgan fingerprint density at radius 1 is 1.17 bits per heavy atom. The zero-order chi connectivity index (χ0) is 12.4. The Kier molecular flexibility index (Phi) is 2.98. The van der Waals surface area contributed by atoms with E-state index in [0.29, 0.717) is 6.79 Å². The van der Waals surface area contributed by atoms with Crippen LogP contribution in [-0.2, 0) is 0 Å². The molecule has 5 heteroatoms. The number of hydrogen-bond donors (Lipinski definition) is 0. The maximum Gasteiger partial charge on any atom is 0.231 e. The second-order valence-electron chi connectivity index (χ2n) is 3.72. The van der Waals surface area contributed by atoms with Crippen molar-refractivity contribution in [1.82, 2.24) is 5.16 Å². The summed E-state index contributed by atoms with van der Waals surface area (Å²) in [5.74, 6) is 1.57. The van der Waals surface area contributed by atoms with E-state index in [9.17, 15) is 0 Å². The molecule has 0 saturated heterocycles. The van der Waals surface area contributed by atoms with Crippen molar-refractivity contribution in [3.8, 4) is 11.5 Å². The lowest BCUT2D eigenvalue weighted by Crippen LogP contribution is -1.92. The van der Waals surface area contributed by atoms with Gasteiger partial charge in [-0.2, -0.15) is 0 Å². The zero-order valence-electron chi connectivity index (χ0n) is 9.75. The summed E-state index contributed by atoms with van der Waals surface area (Å²) >= 11 is 1.53. The van der Waals surface area contributed by atoms with Gasteiger partial charge in [0.05, 0.1) is 0 Å². The largest absolute Gasteiger partial charge is 0.454 e. The summed E-state index contributed by atoms with van der Waals surface area (Å²) in [4.78, 5) is 0. The minimum absolute atomic E-state index is 0.295. The molecule has 0 N–H and O–H groups in total. The molecule has 0 amide bonds. The molecule has 2 heterocycles. The molecule has 1 aromatic heterocycles. The van der Waals surface area contributed by atoms with Gasteiger partial charge in [-0.05, 0) is 30.0 Å². The van der Waals surface area contributed by atoms with Crippen molar-refractivity contribution < 1.29 is 14.0 Å². The Balaban J connectivity index is 1.79. The average molecular weight is 261 g/mol. The number of benzene rings is 1. The molecule has 92 valence electrons. The normalized spacial score (nSPS) is 13.4. The van der Waals surface area contributed by atoms with Gasteiger partial charge in [0, 0.05) is 6.07 Å². The molecule has 2 aromatic rings. The van der Waals surface area contributed by atoms with Crippen LogP contribution in [0.1, 0.15) is 11.3 Å². The third-order valence-corrected chi connectivity index (χ3v) is 3.15. The van der Waals surface area contributed by atoms with Crippen molar-refractivity contribution in [1.29, 1.82) is 0 Å². The molecule has 0 saturated carbocycles. The number of ether oxygens (including phenoxy) is 2. The standard InChI is InChI=1S/C13H11NO3S/c1-18-13-7-10(14-17-13)4-2-9-3-5-11-12(6-9)16-8-15-11/h2-7H,8H2,1H3/b4-2+. The third-order valence-electron chi connectivity index (χ3n) is 2.55. The van der Waals surface area contributed by atoms with Gasteiger partial charge in [-0.25, -0.2) is 0 Å². The lowest BCUT2D eigenvalue weighted by molar-refractivity contribution is 0.174. The Morgan fingerprint density at radius 3 is 2.89 bits per heavy atom. The highest BCUT2D eigenvalue weighted by molar-refractivity contribution is 7.98. The fourth-order valence-electron chi connectivity index (χ4n) is 1.64. The van der Waals surface area contributed by atoms with E-state index in [1.807, 2.05) is 42.7 Å². The lowest BCUT2D eigenvalue weighted by Gasteiger charge is -1.96. The van der Waals surface area contributed by atoms with Crippen LogP contribution in [0.5, 0.6) is 11.5 Å². The summed E-state index contributed by atoms with van der Waals surface area (Å²) in [6, 6.07) is 7.71. The number of rotatable bonds is 3. The van der Waals surface area contributed by atoms with Gasteiger partial charge in [-0.15, -0.1) is 0 Å². The molecule has 0 unspecified atom stereocenters. The molecule has 0 atom stereocenters. The van der Waals surface area contributed by atoms with E-state index in [4.69, 9.17) is 14.0 Å². The van der Waals surface area contributed by atoms with E-state index >= 15 is 0 Å². The Hall–Kier alpha value is -1.88. The van der Waals surface area contributed by atoms with Gasteiger partial charge in [-0.3, -0.25) is 0 Å². The van der Waals surface area contributed by atoms with Gasteiger partial charge in [-0.1, -0.05) is 29.1 Å². The van der Waals surface area contributed by atoms with E-state index < -0.39 is 0 Å². The summed E-state index contributed by atoms with van der Waals surface area (Å²) in [5.41, 5.74) is 1.84. The fraction of sp³-hybridized carbons (Fsp3) is 0.154. The average Bonchev–Trinajstić information content (AvgIpc) is 3.04. The zero-order valence-corrected chi connectivity index (χ0v) is 10.6. The Labute approximate surface area is 109 Å². The minimum atomic E-state index is 0.295. The molecule has 0 fully saturated rings. The molecular weight excluding hydrogens is 250 g/mol. The van der Waals surface area contributed by atoms with Gasteiger partial charge < -0.3 is 14.0 Å². The van der Waals surface area contributed by atoms with Crippen LogP contribution in [-0.4, -0.2) is 18.2 Å². The fourth-order valence-corrected chi connectivity index (χ4v) is 1.99. The molecule has 1 aliphatic heterocycles. The van der Waals surface area contributed by atoms with Crippen LogP contribution in [0.25, 0.3) is 12.2 Å². The first-order valence-electron chi connectivity index (χ1n) is 5.43. The summed E-state index contributed by atoms with van der Waals surface area (Å²) in [5, 5.41) is 4.74. The summed E-state index contributed by atoms with van der Waals surface area (Å²) in [7, 11) is 0. The Bertz CT molecular complexity index is 592. The summed E-state index contributed by atoms with van der Waals surface area (Å²) in [6.07, 6.45) is 5.82. The maximum atomic E-state index is 5.32. The van der Waals surface area contributed by atoms with Crippen LogP contribution < -0.4 is 9.47 Å². The predicted molar refractivity (Wildman–Crippen MR) is 69.8 cm³/mol. The second-order valence-corrected chi connectivity index (χ2v) is 4.53. The molecular formula is C13H11NO3S. The van der Waals surface area contributed by atoms with Crippen LogP contribution in [0.15, 0.2) is 33.9 Å². The Morgan fingerprint density at radius 2 is 2.06 bits per heavy atom. The first-order chi connectivity index (χ1) is 8.85. The summed E-state index contributed by atoms with van der Waals surface area (Å²) in [6.45, 7) is 0.295. The molecule has 0 radical (unpaired) electrons. The van der Waals surface area contributed by atoms with Crippen LogP contribution in [0, 0.1) is 0 Å². The van der Waals surface area contributed by atoms with Crippen molar-refractivity contribution in [2.75, 3.05) is 13.0 Å². The van der Waals surface area contributed by atoms with Crippen LogP contribution in [0.2, 0.25) is 0 Å². The molecule has 0 aliphatic carbocycles. The highest BCUT2D eigenvalue weighted by Crippen LogP contribution is 2.32. The van der Waals surface area contributed by atoms with Crippen molar-refractivity contribution >= 4 is 23.9 Å². The first-order valence-corrected chi connectivity index (χ1v) is 6.66. The van der Waals surface area contributed by atoms with E-state index in [2.05, 4.69) is 5.16 Å². The van der Waals surface area contributed by atoms with Gasteiger partial charge in [0.15, 0.2) is 16.6 Å². The lowest BCUT2D eigenvalue weighted by atomic mass is 10.2. The maximum absolute atomic E-state index is 5.32. The third kappa shape index (κ3) is 2.22. The highest BCUT2D eigenvalue weighted by atomic mass is 32.2. The molecule has 18 heavy (non-hydrogen) atoms. The molecule has 0 bridgehead atoms. The molecule has 1 aromatic carbocycles. The van der Waals surface area contributed by atoms with Crippen LogP contribution in [0.3, 0.4) is 0 Å². The van der Waals surface area contributed by atoms with E-state index in [0.717, 1.165) is 27.8 Å².